The van der Waals surface area contributed by atoms with Crippen molar-refractivity contribution < 1.29 is 9.90 Å². The van der Waals surface area contributed by atoms with Gasteiger partial charge < -0.3 is 25.5 Å². The summed E-state index contributed by atoms with van der Waals surface area (Å²) in [6, 6.07) is 18.0. The summed E-state index contributed by atoms with van der Waals surface area (Å²) >= 11 is 8.23. The van der Waals surface area contributed by atoms with Gasteiger partial charge in [0.1, 0.15) is 10.7 Å². The van der Waals surface area contributed by atoms with Gasteiger partial charge in [0.25, 0.3) is 0 Å². The van der Waals surface area contributed by atoms with Crippen molar-refractivity contribution in [3.8, 4) is 11.3 Å². The van der Waals surface area contributed by atoms with Crippen molar-refractivity contribution in [2.75, 3.05) is 23.3 Å². The smallest absolute Gasteiger partial charge is 0.221 e. The van der Waals surface area contributed by atoms with Crippen LogP contribution in [0.15, 0.2) is 83.1 Å². The van der Waals surface area contributed by atoms with E-state index in [4.69, 9.17) is 32.3 Å². The SMILES string of the molecule is CC(=O)Nc1ccc(-c2cn3ccc(Sc4cnc(N5CCC6(CC5)Cc5ccccc5[C@H]6N)c(CO)n4)c(Cl)c3n2)cc1. The van der Waals surface area contributed by atoms with Crippen molar-refractivity contribution >= 4 is 46.4 Å². The summed E-state index contributed by atoms with van der Waals surface area (Å²) in [6.45, 7) is 2.90. The third-order valence-electron chi connectivity index (χ3n) is 8.85. The maximum atomic E-state index is 11.3. The Morgan fingerprint density at radius 1 is 1.14 bits per heavy atom. The van der Waals surface area contributed by atoms with Crippen LogP contribution >= 0.6 is 23.4 Å². The Balaban J connectivity index is 1.07. The molecule has 1 fully saturated rings. The third kappa shape index (κ3) is 5.21. The summed E-state index contributed by atoms with van der Waals surface area (Å²) in [6.07, 6.45) is 8.52. The predicted molar refractivity (Wildman–Crippen MR) is 173 cm³/mol. The fraction of sp³-hybridized carbons (Fsp3) is 0.273. The number of benzene rings is 2. The molecular weight excluding hydrogens is 594 g/mol. The first-order chi connectivity index (χ1) is 21.3. The van der Waals surface area contributed by atoms with Crippen molar-refractivity contribution in [2.45, 2.75) is 48.8 Å². The summed E-state index contributed by atoms with van der Waals surface area (Å²) in [5.74, 6) is 0.605. The van der Waals surface area contributed by atoms with Gasteiger partial charge in [0, 0.05) is 54.6 Å². The number of aliphatic hydroxyl groups is 1. The van der Waals surface area contributed by atoms with Crippen LogP contribution in [0.4, 0.5) is 11.5 Å². The van der Waals surface area contributed by atoms with E-state index in [0.717, 1.165) is 60.0 Å². The zero-order valence-corrected chi connectivity index (χ0v) is 25.8. The highest BCUT2D eigenvalue weighted by Crippen LogP contribution is 2.51. The van der Waals surface area contributed by atoms with Crippen LogP contribution in [0.3, 0.4) is 0 Å². The highest BCUT2D eigenvalue weighted by molar-refractivity contribution is 7.99. The first kappa shape index (κ1) is 28.8. The lowest BCUT2D eigenvalue weighted by Crippen LogP contribution is -2.45. The number of hydrogen-bond donors (Lipinski definition) is 3. The summed E-state index contributed by atoms with van der Waals surface area (Å²) in [5, 5.41) is 14.2. The monoisotopic (exact) mass is 625 g/mol. The Morgan fingerprint density at radius 3 is 2.64 bits per heavy atom. The molecule has 11 heteroatoms. The number of fused-ring (bicyclic) bond motifs is 2. The predicted octanol–water partition coefficient (Wildman–Crippen LogP) is 5.89. The van der Waals surface area contributed by atoms with E-state index in [1.54, 1.807) is 6.20 Å². The minimum absolute atomic E-state index is 0.0480. The van der Waals surface area contributed by atoms with E-state index >= 15 is 0 Å². The lowest BCUT2D eigenvalue weighted by Gasteiger charge is -2.42. The number of anilines is 2. The molecule has 1 saturated heterocycles. The molecule has 3 aromatic heterocycles. The number of aromatic nitrogens is 4. The second-order valence-electron chi connectivity index (χ2n) is 11.6. The number of nitrogens with zero attached hydrogens (tertiary/aromatic N) is 5. The van der Waals surface area contributed by atoms with Gasteiger partial charge in [0.2, 0.25) is 5.91 Å². The Morgan fingerprint density at radius 2 is 1.91 bits per heavy atom. The maximum absolute atomic E-state index is 11.3. The normalized spacial score (nSPS) is 17.3. The van der Waals surface area contributed by atoms with E-state index in [1.165, 1.54) is 29.8 Å². The van der Waals surface area contributed by atoms with Gasteiger partial charge in [-0.15, -0.1) is 0 Å². The van der Waals surface area contributed by atoms with E-state index in [1.807, 2.05) is 47.1 Å². The molecule has 4 heterocycles. The number of imidazole rings is 1. The molecule has 1 aliphatic carbocycles. The lowest BCUT2D eigenvalue weighted by atomic mass is 9.73. The average molecular weight is 626 g/mol. The van der Waals surface area contributed by atoms with Crippen molar-refractivity contribution in [1.82, 2.24) is 19.4 Å². The van der Waals surface area contributed by atoms with Gasteiger partial charge >= 0.3 is 0 Å². The molecule has 0 radical (unpaired) electrons. The number of carbonyl (C=O) groups is 1. The van der Waals surface area contributed by atoms with Crippen LogP contribution in [0, 0.1) is 5.41 Å². The number of halogens is 1. The van der Waals surface area contributed by atoms with Gasteiger partial charge in [-0.2, -0.15) is 0 Å². The molecular formula is C33H32ClN7O2S. The van der Waals surface area contributed by atoms with Crippen molar-refractivity contribution in [1.29, 1.82) is 0 Å². The number of rotatable bonds is 6. The summed E-state index contributed by atoms with van der Waals surface area (Å²) in [7, 11) is 0. The molecule has 0 bridgehead atoms. The molecule has 9 nitrogen and oxygen atoms in total. The Hall–Kier alpha value is -3.96. The van der Waals surface area contributed by atoms with Crippen LogP contribution in [-0.2, 0) is 17.8 Å². The number of hydrogen-bond acceptors (Lipinski definition) is 8. The number of nitrogens with two attached hydrogens (primary N) is 1. The van der Waals surface area contributed by atoms with E-state index in [9.17, 15) is 9.90 Å². The molecule has 7 rings (SSSR count). The van der Waals surface area contributed by atoms with Gasteiger partial charge in [-0.05, 0) is 54.0 Å². The molecule has 4 N–H and O–H groups in total. The van der Waals surface area contributed by atoms with Gasteiger partial charge in [0.15, 0.2) is 11.5 Å². The van der Waals surface area contributed by atoms with E-state index in [-0.39, 0.29) is 24.0 Å². The molecule has 1 atom stereocenters. The quantitative estimate of drug-likeness (QED) is 0.214. The van der Waals surface area contributed by atoms with E-state index < -0.39 is 0 Å². The molecule has 5 aromatic rings. The van der Waals surface area contributed by atoms with Gasteiger partial charge in [-0.1, -0.05) is 59.8 Å². The fourth-order valence-corrected chi connectivity index (χ4v) is 7.67. The maximum Gasteiger partial charge on any atom is 0.221 e. The largest absolute Gasteiger partial charge is 0.390 e. The Labute approximate surface area is 264 Å². The number of aliphatic hydroxyl groups excluding tert-OH is 1. The Kier molecular flexibility index (Phi) is 7.54. The zero-order chi connectivity index (χ0) is 30.4. The van der Waals surface area contributed by atoms with Crippen LogP contribution in [0.1, 0.15) is 42.6 Å². The number of carbonyl (C=O) groups excluding carboxylic acids is 1. The molecule has 1 spiro atoms. The topological polar surface area (TPSA) is 122 Å². The molecule has 224 valence electrons. The second kappa shape index (κ2) is 11.5. The lowest BCUT2D eigenvalue weighted by molar-refractivity contribution is -0.114. The van der Waals surface area contributed by atoms with Crippen LogP contribution in [0.5, 0.6) is 0 Å². The first-order valence-electron chi connectivity index (χ1n) is 14.6. The van der Waals surface area contributed by atoms with E-state index in [0.29, 0.717) is 21.4 Å². The first-order valence-corrected chi connectivity index (χ1v) is 15.8. The van der Waals surface area contributed by atoms with Crippen molar-refractivity contribution in [3.05, 3.63) is 95.0 Å². The summed E-state index contributed by atoms with van der Waals surface area (Å²) in [4.78, 5) is 28.6. The van der Waals surface area contributed by atoms with Crippen LogP contribution < -0.4 is 16.0 Å². The summed E-state index contributed by atoms with van der Waals surface area (Å²) in [5.41, 5.74) is 13.1. The van der Waals surface area contributed by atoms with Gasteiger partial charge in [-0.25, -0.2) is 15.0 Å². The minimum atomic E-state index is -0.208. The number of amides is 1. The second-order valence-corrected chi connectivity index (χ2v) is 13.0. The fourth-order valence-electron chi connectivity index (χ4n) is 6.55. The standard InChI is InChI=1S/C33H32ClN7O2S/c1-20(43)37-23-8-6-21(7-9-23)25-18-41-13-10-27(29(34)32(41)39-25)44-28-17-36-31(26(19-42)38-28)40-14-11-33(12-15-40)16-22-4-2-3-5-24(22)30(33)35/h2-10,13,17-18,30,42H,11-12,14-16,19,35H2,1H3,(H,37,43)/t30-/m1/s1. The molecule has 0 saturated carbocycles. The van der Waals surface area contributed by atoms with Crippen LogP contribution in [0.25, 0.3) is 16.9 Å². The minimum Gasteiger partial charge on any atom is -0.390 e. The molecule has 1 aliphatic heterocycles. The number of nitrogens with one attached hydrogen (secondary N) is 1. The van der Waals surface area contributed by atoms with E-state index in [2.05, 4.69) is 34.5 Å². The van der Waals surface area contributed by atoms with Crippen molar-refractivity contribution in [3.63, 3.8) is 0 Å². The zero-order valence-electron chi connectivity index (χ0n) is 24.2. The molecule has 2 aliphatic rings. The average Bonchev–Trinajstić information content (AvgIpc) is 3.59. The molecule has 2 aromatic carbocycles. The highest BCUT2D eigenvalue weighted by atomic mass is 35.5. The highest BCUT2D eigenvalue weighted by Gasteiger charge is 2.46. The van der Waals surface area contributed by atoms with Crippen LogP contribution in [-0.4, -0.2) is 43.5 Å². The number of piperidine rings is 1. The molecule has 44 heavy (non-hydrogen) atoms. The molecule has 1 amide bonds. The number of pyridine rings is 1. The summed E-state index contributed by atoms with van der Waals surface area (Å²) < 4.78 is 1.88. The Bertz CT molecular complexity index is 1870. The van der Waals surface area contributed by atoms with Crippen molar-refractivity contribution in [2.24, 2.45) is 11.1 Å². The molecule has 0 unspecified atom stereocenters. The van der Waals surface area contributed by atoms with Gasteiger partial charge in [-0.3, -0.25) is 4.79 Å². The third-order valence-corrected chi connectivity index (χ3v) is 10.3. The van der Waals surface area contributed by atoms with Crippen LogP contribution in [0.2, 0.25) is 5.02 Å². The van der Waals surface area contributed by atoms with Gasteiger partial charge in [0.05, 0.1) is 23.5 Å².